The summed E-state index contributed by atoms with van der Waals surface area (Å²) in [6.07, 6.45) is 5.28. The van der Waals surface area contributed by atoms with E-state index in [4.69, 9.17) is 5.73 Å². The van der Waals surface area contributed by atoms with Crippen molar-refractivity contribution in [1.82, 2.24) is 14.9 Å². The van der Waals surface area contributed by atoms with Gasteiger partial charge in [0, 0.05) is 30.3 Å². The minimum Gasteiger partial charge on any atom is -0.368 e. The molecule has 7 heteroatoms. The number of rotatable bonds is 1. The minimum atomic E-state index is -1.01. The Morgan fingerprint density at radius 1 is 1.24 bits per heavy atom. The number of piperidine rings is 1. The molecule has 4 rings (SSSR count). The molecule has 1 fully saturated rings. The fourth-order valence-electron chi connectivity index (χ4n) is 4.07. The van der Waals surface area contributed by atoms with Gasteiger partial charge in [-0.3, -0.25) is 4.79 Å². The summed E-state index contributed by atoms with van der Waals surface area (Å²) in [5.74, 6) is -2.01. The molecular weight excluding hydrogens is 326 g/mol. The number of nitrogens with zero attached hydrogens (tertiary/aromatic N) is 3. The summed E-state index contributed by atoms with van der Waals surface area (Å²) >= 11 is 0. The number of carbonyl (C=O) groups is 1. The third-order valence-corrected chi connectivity index (χ3v) is 5.29. The number of aryl methyl sites for hydroxylation is 1. The second kappa shape index (κ2) is 5.75. The summed E-state index contributed by atoms with van der Waals surface area (Å²) in [7, 11) is 0. The fourth-order valence-corrected chi connectivity index (χ4v) is 4.07. The molecule has 2 aromatic rings. The number of anilines is 1. The van der Waals surface area contributed by atoms with Crippen molar-refractivity contribution in [2.24, 2.45) is 0 Å². The lowest BCUT2D eigenvalue weighted by Crippen LogP contribution is -2.48. The Kier molecular flexibility index (Phi) is 3.67. The number of nitrogens with two attached hydrogens (primary N) is 1. The van der Waals surface area contributed by atoms with Gasteiger partial charge < -0.3 is 10.6 Å². The Labute approximate surface area is 143 Å². The van der Waals surface area contributed by atoms with Crippen LogP contribution in [0.1, 0.15) is 40.9 Å². The Bertz CT molecular complexity index is 853. The van der Waals surface area contributed by atoms with Gasteiger partial charge >= 0.3 is 0 Å². The van der Waals surface area contributed by atoms with Crippen LogP contribution in [0.3, 0.4) is 0 Å². The Morgan fingerprint density at radius 3 is 2.88 bits per heavy atom. The van der Waals surface area contributed by atoms with Crippen LogP contribution in [0.5, 0.6) is 0 Å². The van der Waals surface area contributed by atoms with Crippen LogP contribution in [0.25, 0.3) is 0 Å². The summed E-state index contributed by atoms with van der Waals surface area (Å²) in [6, 6.07) is 3.27. The number of halogens is 2. The Hall–Kier alpha value is -2.57. The standard InChI is InChI=1S/C18H18F2N4O/c19-13-3-2-11(8-14(13)20)16(25)24-7-1-5-18(10-24)6-4-12-9-22-17(21)23-15(12)18/h2-3,8-9H,1,4-7,10H2,(H2,21,22,23). The SMILES string of the molecule is Nc1ncc2c(n1)C1(CCCN(C(=O)c3ccc(F)c(F)c3)C1)CC2. The van der Waals surface area contributed by atoms with Crippen molar-refractivity contribution in [2.75, 3.05) is 18.8 Å². The Balaban J connectivity index is 1.63. The number of carbonyl (C=O) groups excluding carboxylic acids is 1. The number of likely N-dealkylation sites (tertiary alicyclic amines) is 1. The smallest absolute Gasteiger partial charge is 0.253 e. The van der Waals surface area contributed by atoms with E-state index in [1.54, 1.807) is 11.1 Å². The second-order valence-electron chi connectivity index (χ2n) is 6.84. The van der Waals surface area contributed by atoms with Crippen LogP contribution < -0.4 is 5.73 Å². The first-order valence-corrected chi connectivity index (χ1v) is 8.35. The normalized spacial score (nSPS) is 22.2. The quantitative estimate of drug-likeness (QED) is 0.863. The number of benzene rings is 1. The predicted octanol–water partition coefficient (Wildman–Crippen LogP) is 2.46. The molecule has 25 heavy (non-hydrogen) atoms. The van der Waals surface area contributed by atoms with Crippen molar-refractivity contribution in [3.63, 3.8) is 0 Å². The molecule has 1 spiro atoms. The number of hydrogen-bond donors (Lipinski definition) is 1. The molecular formula is C18H18F2N4O. The number of hydrogen-bond acceptors (Lipinski definition) is 4. The molecule has 0 bridgehead atoms. The maximum absolute atomic E-state index is 13.5. The number of fused-ring (bicyclic) bond motifs is 2. The van der Waals surface area contributed by atoms with Crippen LogP contribution in [0.4, 0.5) is 14.7 Å². The molecule has 1 unspecified atom stereocenters. The van der Waals surface area contributed by atoms with Gasteiger partial charge in [-0.05, 0) is 49.4 Å². The third-order valence-electron chi connectivity index (χ3n) is 5.29. The first-order chi connectivity index (χ1) is 12.0. The van der Waals surface area contributed by atoms with Gasteiger partial charge in [0.25, 0.3) is 5.91 Å². The van der Waals surface area contributed by atoms with Crippen LogP contribution in [0, 0.1) is 11.6 Å². The Morgan fingerprint density at radius 2 is 2.08 bits per heavy atom. The van der Waals surface area contributed by atoms with Crippen molar-refractivity contribution in [3.05, 3.63) is 52.9 Å². The van der Waals surface area contributed by atoms with Crippen molar-refractivity contribution in [3.8, 4) is 0 Å². The molecule has 2 aliphatic rings. The van der Waals surface area contributed by atoms with Gasteiger partial charge in [0.15, 0.2) is 11.6 Å². The molecule has 1 aliphatic carbocycles. The van der Waals surface area contributed by atoms with E-state index < -0.39 is 11.6 Å². The van der Waals surface area contributed by atoms with E-state index in [0.717, 1.165) is 49.1 Å². The van der Waals surface area contributed by atoms with Crippen LogP contribution >= 0.6 is 0 Å². The van der Waals surface area contributed by atoms with E-state index in [1.165, 1.54) is 6.07 Å². The van der Waals surface area contributed by atoms with Crippen LogP contribution in [-0.2, 0) is 11.8 Å². The first kappa shape index (κ1) is 15.9. The van der Waals surface area contributed by atoms with E-state index in [-0.39, 0.29) is 22.8 Å². The van der Waals surface area contributed by atoms with Gasteiger partial charge in [0.2, 0.25) is 5.95 Å². The van der Waals surface area contributed by atoms with E-state index in [0.29, 0.717) is 13.1 Å². The largest absolute Gasteiger partial charge is 0.368 e. The molecule has 0 radical (unpaired) electrons. The van der Waals surface area contributed by atoms with Gasteiger partial charge in [0.1, 0.15) is 0 Å². The second-order valence-corrected chi connectivity index (χ2v) is 6.84. The van der Waals surface area contributed by atoms with E-state index in [1.807, 2.05) is 0 Å². The van der Waals surface area contributed by atoms with Gasteiger partial charge in [-0.25, -0.2) is 18.7 Å². The van der Waals surface area contributed by atoms with Gasteiger partial charge in [-0.2, -0.15) is 0 Å². The van der Waals surface area contributed by atoms with Crippen molar-refractivity contribution >= 4 is 11.9 Å². The van der Waals surface area contributed by atoms with Gasteiger partial charge in [-0.15, -0.1) is 0 Å². The minimum absolute atomic E-state index is 0.163. The summed E-state index contributed by atoms with van der Waals surface area (Å²) in [5, 5.41) is 0. The van der Waals surface area contributed by atoms with Crippen molar-refractivity contribution < 1.29 is 13.6 Å². The van der Waals surface area contributed by atoms with Gasteiger partial charge in [0.05, 0.1) is 5.69 Å². The maximum Gasteiger partial charge on any atom is 0.253 e. The molecule has 5 nitrogen and oxygen atoms in total. The zero-order valence-corrected chi connectivity index (χ0v) is 13.6. The zero-order valence-electron chi connectivity index (χ0n) is 13.6. The van der Waals surface area contributed by atoms with E-state index in [2.05, 4.69) is 9.97 Å². The number of nitrogen functional groups attached to an aromatic ring is 1. The molecule has 1 amide bonds. The molecule has 1 aliphatic heterocycles. The fraction of sp³-hybridized carbons (Fsp3) is 0.389. The monoisotopic (exact) mass is 344 g/mol. The average molecular weight is 344 g/mol. The van der Waals surface area contributed by atoms with Gasteiger partial charge in [-0.1, -0.05) is 0 Å². The van der Waals surface area contributed by atoms with E-state index >= 15 is 0 Å². The summed E-state index contributed by atoms with van der Waals surface area (Å²) in [5.41, 5.74) is 7.71. The van der Waals surface area contributed by atoms with E-state index in [9.17, 15) is 13.6 Å². The van der Waals surface area contributed by atoms with Crippen molar-refractivity contribution in [2.45, 2.75) is 31.1 Å². The molecule has 0 saturated carbocycles. The maximum atomic E-state index is 13.5. The third kappa shape index (κ3) is 2.63. The lowest BCUT2D eigenvalue weighted by molar-refractivity contribution is 0.0633. The highest BCUT2D eigenvalue weighted by atomic mass is 19.2. The summed E-state index contributed by atoms with van der Waals surface area (Å²) in [6.45, 7) is 1.10. The average Bonchev–Trinajstić information content (AvgIpc) is 2.94. The van der Waals surface area contributed by atoms with Crippen molar-refractivity contribution in [1.29, 1.82) is 0 Å². The topological polar surface area (TPSA) is 72.1 Å². The number of amides is 1. The highest BCUT2D eigenvalue weighted by Crippen LogP contribution is 2.44. The highest BCUT2D eigenvalue weighted by Gasteiger charge is 2.44. The van der Waals surface area contributed by atoms with Crippen LogP contribution in [0.2, 0.25) is 0 Å². The molecule has 1 atom stereocenters. The zero-order chi connectivity index (χ0) is 17.6. The molecule has 130 valence electrons. The molecule has 1 aromatic heterocycles. The lowest BCUT2D eigenvalue weighted by Gasteiger charge is -2.40. The summed E-state index contributed by atoms with van der Waals surface area (Å²) < 4.78 is 26.6. The van der Waals surface area contributed by atoms with Crippen LogP contribution in [0.15, 0.2) is 24.4 Å². The molecule has 2 heterocycles. The molecule has 1 aromatic carbocycles. The molecule has 2 N–H and O–H groups in total. The summed E-state index contributed by atoms with van der Waals surface area (Å²) in [4.78, 5) is 23.0. The molecule has 1 saturated heterocycles. The van der Waals surface area contributed by atoms with Crippen LogP contribution in [-0.4, -0.2) is 33.9 Å². The number of aromatic nitrogens is 2. The first-order valence-electron chi connectivity index (χ1n) is 8.35. The predicted molar refractivity (Wildman–Crippen MR) is 87.9 cm³/mol. The lowest BCUT2D eigenvalue weighted by atomic mass is 9.77. The highest BCUT2D eigenvalue weighted by molar-refractivity contribution is 5.94.